The number of methoxy groups -OCH3 is 1. The van der Waals surface area contributed by atoms with Crippen LogP contribution in [0.15, 0.2) is 42.7 Å². The Morgan fingerprint density at radius 1 is 1.18 bits per heavy atom. The summed E-state index contributed by atoms with van der Waals surface area (Å²) in [6.45, 7) is -2.99. The fraction of sp³-hybridized carbons (Fsp3) is 0.143. The van der Waals surface area contributed by atoms with Gasteiger partial charge in [-0.2, -0.15) is 8.78 Å². The number of alkyl halides is 2. The van der Waals surface area contributed by atoms with Crippen LogP contribution in [-0.4, -0.2) is 24.7 Å². The second kappa shape index (κ2) is 7.21. The van der Waals surface area contributed by atoms with Crippen LogP contribution in [0.1, 0.15) is 0 Å². The van der Waals surface area contributed by atoms with Crippen LogP contribution in [0.25, 0.3) is 0 Å². The van der Waals surface area contributed by atoms with Crippen LogP contribution in [0.4, 0.5) is 25.0 Å². The minimum Gasteiger partial charge on any atom is -0.493 e. The molecule has 1 aromatic heterocycles. The number of hydrogen-bond acceptors (Lipinski definition) is 4. The Hall–Kier alpha value is -2.90. The number of urea groups is 1. The van der Waals surface area contributed by atoms with Crippen LogP contribution >= 0.6 is 0 Å². The number of ether oxygens (including phenoxy) is 2. The molecular weight excluding hydrogens is 296 g/mol. The van der Waals surface area contributed by atoms with Gasteiger partial charge in [0.1, 0.15) is 0 Å². The molecule has 2 N–H and O–H groups in total. The minimum atomic E-state index is -2.99. The van der Waals surface area contributed by atoms with E-state index >= 15 is 0 Å². The number of aromatic nitrogens is 1. The van der Waals surface area contributed by atoms with Gasteiger partial charge in [0.05, 0.1) is 19.0 Å². The lowest BCUT2D eigenvalue weighted by Crippen LogP contribution is -2.19. The van der Waals surface area contributed by atoms with E-state index in [4.69, 9.17) is 4.74 Å². The van der Waals surface area contributed by atoms with Crippen molar-refractivity contribution in [2.75, 3.05) is 17.7 Å². The van der Waals surface area contributed by atoms with E-state index in [9.17, 15) is 13.6 Å². The van der Waals surface area contributed by atoms with Crippen LogP contribution in [-0.2, 0) is 0 Å². The first kappa shape index (κ1) is 15.5. The molecule has 0 saturated carbocycles. The fourth-order valence-corrected chi connectivity index (χ4v) is 1.67. The quantitative estimate of drug-likeness (QED) is 0.888. The maximum absolute atomic E-state index is 12.3. The van der Waals surface area contributed by atoms with Crippen molar-refractivity contribution in [2.45, 2.75) is 6.61 Å². The molecule has 0 aliphatic heterocycles. The predicted molar refractivity (Wildman–Crippen MR) is 76.5 cm³/mol. The normalized spacial score (nSPS) is 10.2. The molecule has 0 fully saturated rings. The van der Waals surface area contributed by atoms with E-state index in [-0.39, 0.29) is 17.2 Å². The van der Waals surface area contributed by atoms with E-state index in [0.29, 0.717) is 5.69 Å². The van der Waals surface area contributed by atoms with E-state index in [1.54, 1.807) is 18.3 Å². The van der Waals surface area contributed by atoms with Crippen molar-refractivity contribution in [3.8, 4) is 11.5 Å². The smallest absolute Gasteiger partial charge is 0.387 e. The second-order valence-electron chi connectivity index (χ2n) is 4.06. The first-order valence-electron chi connectivity index (χ1n) is 6.19. The summed E-state index contributed by atoms with van der Waals surface area (Å²) in [7, 11) is 1.33. The fourth-order valence-electron chi connectivity index (χ4n) is 1.67. The van der Waals surface area contributed by atoms with Gasteiger partial charge in [-0.1, -0.05) is 0 Å². The molecule has 8 heteroatoms. The number of nitrogens with zero attached hydrogens (tertiary/aromatic N) is 1. The lowest BCUT2D eigenvalue weighted by molar-refractivity contribution is -0.0511. The van der Waals surface area contributed by atoms with E-state index < -0.39 is 12.6 Å². The third-order valence-corrected chi connectivity index (χ3v) is 2.56. The number of pyridine rings is 1. The van der Waals surface area contributed by atoms with Gasteiger partial charge in [0.2, 0.25) is 0 Å². The zero-order valence-corrected chi connectivity index (χ0v) is 11.5. The molecule has 6 nitrogen and oxygen atoms in total. The van der Waals surface area contributed by atoms with Gasteiger partial charge in [0.25, 0.3) is 0 Å². The summed E-state index contributed by atoms with van der Waals surface area (Å²) in [6.07, 6.45) is 3.04. The monoisotopic (exact) mass is 309 g/mol. The summed E-state index contributed by atoms with van der Waals surface area (Å²) in [5, 5.41) is 5.04. The summed E-state index contributed by atoms with van der Waals surface area (Å²) >= 11 is 0. The van der Waals surface area contributed by atoms with Gasteiger partial charge >= 0.3 is 12.6 Å². The number of hydrogen-bond donors (Lipinski definition) is 2. The number of carbonyl (C=O) groups is 1. The third-order valence-electron chi connectivity index (χ3n) is 2.56. The molecule has 2 aromatic rings. The molecule has 0 aliphatic rings. The highest BCUT2D eigenvalue weighted by atomic mass is 19.3. The molecule has 0 saturated heterocycles. The SMILES string of the molecule is COc1ccc(NC(=O)Nc2cccnc2)cc1OC(F)F. The van der Waals surface area contributed by atoms with Crippen LogP contribution in [0.3, 0.4) is 0 Å². The van der Waals surface area contributed by atoms with E-state index in [1.165, 1.54) is 31.5 Å². The van der Waals surface area contributed by atoms with E-state index in [1.807, 2.05) is 0 Å². The van der Waals surface area contributed by atoms with Crippen molar-refractivity contribution in [3.05, 3.63) is 42.7 Å². The average molecular weight is 309 g/mol. The average Bonchev–Trinajstić information content (AvgIpc) is 2.48. The van der Waals surface area contributed by atoms with E-state index in [2.05, 4.69) is 20.4 Å². The standard InChI is InChI=1S/C14H13F2N3O3/c1-21-11-5-4-9(7-12(11)22-13(15)16)18-14(20)19-10-3-2-6-17-8-10/h2-8,13H,1H3,(H2,18,19,20). The van der Waals surface area contributed by atoms with Gasteiger partial charge in [-0.25, -0.2) is 4.79 Å². The van der Waals surface area contributed by atoms with Crippen molar-refractivity contribution in [1.82, 2.24) is 4.98 Å². The number of benzene rings is 1. The molecule has 116 valence electrons. The molecule has 1 heterocycles. The largest absolute Gasteiger partial charge is 0.493 e. The van der Waals surface area contributed by atoms with Crippen LogP contribution in [0.2, 0.25) is 0 Å². The van der Waals surface area contributed by atoms with Gasteiger partial charge in [0, 0.05) is 18.0 Å². The number of amides is 2. The highest BCUT2D eigenvalue weighted by Crippen LogP contribution is 2.31. The Labute approximate surface area is 125 Å². The number of anilines is 2. The predicted octanol–water partition coefficient (Wildman–Crippen LogP) is 3.34. The zero-order valence-electron chi connectivity index (χ0n) is 11.5. The topological polar surface area (TPSA) is 72.5 Å². The highest BCUT2D eigenvalue weighted by Gasteiger charge is 2.12. The van der Waals surface area contributed by atoms with Crippen molar-refractivity contribution in [1.29, 1.82) is 0 Å². The molecule has 0 atom stereocenters. The molecule has 0 radical (unpaired) electrons. The molecule has 0 spiro atoms. The van der Waals surface area contributed by atoms with Gasteiger partial charge in [-0.15, -0.1) is 0 Å². The number of rotatable bonds is 5. The van der Waals surface area contributed by atoms with Gasteiger partial charge in [0.15, 0.2) is 11.5 Å². The molecule has 2 amide bonds. The first-order valence-corrected chi connectivity index (χ1v) is 6.19. The summed E-state index contributed by atoms with van der Waals surface area (Å²) < 4.78 is 33.9. The molecular formula is C14H13F2N3O3. The third kappa shape index (κ3) is 4.30. The maximum Gasteiger partial charge on any atom is 0.387 e. The zero-order chi connectivity index (χ0) is 15.9. The van der Waals surface area contributed by atoms with Gasteiger partial charge in [-0.05, 0) is 24.3 Å². The highest BCUT2D eigenvalue weighted by molar-refractivity contribution is 5.99. The Kier molecular flexibility index (Phi) is 5.07. The van der Waals surface area contributed by atoms with Crippen molar-refractivity contribution in [2.24, 2.45) is 0 Å². The molecule has 2 rings (SSSR count). The van der Waals surface area contributed by atoms with Crippen molar-refractivity contribution in [3.63, 3.8) is 0 Å². The number of carbonyl (C=O) groups excluding carboxylic acids is 1. The van der Waals surface area contributed by atoms with E-state index in [0.717, 1.165) is 0 Å². The van der Waals surface area contributed by atoms with Crippen molar-refractivity contribution >= 4 is 17.4 Å². The number of halogens is 2. The van der Waals surface area contributed by atoms with Crippen LogP contribution < -0.4 is 20.1 Å². The Morgan fingerprint density at radius 2 is 1.95 bits per heavy atom. The number of nitrogens with one attached hydrogen (secondary N) is 2. The van der Waals surface area contributed by atoms with Crippen molar-refractivity contribution < 1.29 is 23.0 Å². The molecule has 0 aliphatic carbocycles. The molecule has 22 heavy (non-hydrogen) atoms. The molecule has 0 unspecified atom stereocenters. The molecule has 0 bridgehead atoms. The summed E-state index contributed by atoms with van der Waals surface area (Å²) in [6, 6.07) is 6.94. The van der Waals surface area contributed by atoms with Crippen LogP contribution in [0, 0.1) is 0 Å². The summed E-state index contributed by atoms with van der Waals surface area (Å²) in [5.41, 5.74) is 0.774. The minimum absolute atomic E-state index is 0.138. The lowest BCUT2D eigenvalue weighted by Gasteiger charge is -2.12. The van der Waals surface area contributed by atoms with Gasteiger partial charge in [-0.3, -0.25) is 4.98 Å². The maximum atomic E-state index is 12.3. The summed E-state index contributed by atoms with van der Waals surface area (Å²) in [5.74, 6) is -0.0322. The Morgan fingerprint density at radius 3 is 2.59 bits per heavy atom. The van der Waals surface area contributed by atoms with Crippen LogP contribution in [0.5, 0.6) is 11.5 Å². The second-order valence-corrected chi connectivity index (χ2v) is 4.06. The van der Waals surface area contributed by atoms with Gasteiger partial charge < -0.3 is 20.1 Å². The summed E-state index contributed by atoms with van der Waals surface area (Å²) in [4.78, 5) is 15.7. The Bertz CT molecular complexity index is 638. The Balaban J connectivity index is 2.07. The first-order chi connectivity index (χ1) is 10.6. The molecule has 1 aromatic carbocycles. The lowest BCUT2D eigenvalue weighted by atomic mass is 10.3.